The van der Waals surface area contributed by atoms with E-state index in [1.165, 1.54) is 5.39 Å². The van der Waals surface area contributed by atoms with Crippen LogP contribution in [0, 0.1) is 0 Å². The first kappa shape index (κ1) is 19.1. The first-order chi connectivity index (χ1) is 15.2. The number of para-hydroxylation sites is 2. The summed E-state index contributed by atoms with van der Waals surface area (Å²) >= 11 is 0. The molecule has 5 rings (SSSR count). The molecule has 4 nitrogen and oxygen atoms in total. The van der Waals surface area contributed by atoms with Crippen LogP contribution >= 0.6 is 0 Å². The summed E-state index contributed by atoms with van der Waals surface area (Å²) in [5.41, 5.74) is 6.25. The van der Waals surface area contributed by atoms with Gasteiger partial charge in [-0.05, 0) is 53.6 Å². The van der Waals surface area contributed by atoms with E-state index in [-0.39, 0.29) is 6.61 Å². The maximum Gasteiger partial charge on any atom is 0.0682 e. The van der Waals surface area contributed by atoms with Crippen molar-refractivity contribution < 1.29 is 5.11 Å². The number of nitrogens with zero attached hydrogens (tertiary/aromatic N) is 3. The minimum Gasteiger partial charge on any atom is -0.392 e. The lowest BCUT2D eigenvalue weighted by atomic mass is 10.1. The maximum atomic E-state index is 9.50. The summed E-state index contributed by atoms with van der Waals surface area (Å²) in [5.74, 6) is 0. The molecule has 1 N–H and O–H groups in total. The Bertz CT molecular complexity index is 1330. The Labute approximate surface area is 181 Å². The molecular formula is C27H23N3O. The first-order valence-electron chi connectivity index (χ1n) is 10.3. The summed E-state index contributed by atoms with van der Waals surface area (Å²) in [7, 11) is 2.07. The number of hydrogen-bond donors (Lipinski definition) is 1. The molecule has 0 aliphatic heterocycles. The van der Waals surface area contributed by atoms with E-state index in [1.54, 1.807) is 0 Å². The van der Waals surface area contributed by atoms with Gasteiger partial charge in [-0.25, -0.2) is 5.01 Å². The van der Waals surface area contributed by atoms with Crippen LogP contribution in [0.5, 0.6) is 0 Å². The molecule has 0 spiro atoms. The molecule has 31 heavy (non-hydrogen) atoms. The van der Waals surface area contributed by atoms with Gasteiger partial charge in [0.1, 0.15) is 0 Å². The molecule has 0 aliphatic rings. The fourth-order valence-electron chi connectivity index (χ4n) is 4.00. The molecule has 0 atom stereocenters. The second kappa shape index (κ2) is 8.09. The zero-order valence-electron chi connectivity index (χ0n) is 17.3. The molecule has 0 saturated heterocycles. The van der Waals surface area contributed by atoms with Crippen LogP contribution in [-0.4, -0.2) is 15.9 Å². The fourth-order valence-corrected chi connectivity index (χ4v) is 4.00. The molecule has 1 heterocycles. The van der Waals surface area contributed by atoms with Gasteiger partial charge in [0.05, 0.1) is 24.2 Å². The topological polar surface area (TPSA) is 40.8 Å². The molecular weight excluding hydrogens is 382 g/mol. The molecule has 0 fully saturated rings. The predicted octanol–water partition coefficient (Wildman–Crippen LogP) is 6.00. The molecule has 0 bridgehead atoms. The Morgan fingerprint density at radius 1 is 0.774 bits per heavy atom. The number of aliphatic hydroxyl groups excluding tert-OH is 1. The summed E-state index contributed by atoms with van der Waals surface area (Å²) in [6, 6.07) is 32.8. The predicted molar refractivity (Wildman–Crippen MR) is 129 cm³/mol. The minimum atomic E-state index is 0.0475. The Morgan fingerprint density at radius 3 is 2.10 bits per heavy atom. The Kier molecular flexibility index (Phi) is 4.98. The van der Waals surface area contributed by atoms with Gasteiger partial charge < -0.3 is 9.67 Å². The van der Waals surface area contributed by atoms with E-state index in [9.17, 15) is 5.11 Å². The average Bonchev–Trinajstić information content (AvgIpc) is 3.11. The molecule has 5 aromatic rings. The van der Waals surface area contributed by atoms with Crippen LogP contribution < -0.4 is 5.01 Å². The van der Waals surface area contributed by atoms with Crippen molar-refractivity contribution in [1.82, 2.24) is 4.57 Å². The van der Waals surface area contributed by atoms with Gasteiger partial charge in [-0.3, -0.25) is 0 Å². The molecule has 0 aliphatic carbocycles. The number of hydrogen-bond acceptors (Lipinski definition) is 3. The van der Waals surface area contributed by atoms with Gasteiger partial charge in [0.2, 0.25) is 0 Å². The fraction of sp³-hybridized carbons (Fsp3) is 0.0741. The number of aryl methyl sites for hydroxylation is 1. The smallest absolute Gasteiger partial charge is 0.0682 e. The molecule has 0 amide bonds. The summed E-state index contributed by atoms with van der Waals surface area (Å²) in [6.45, 7) is 0.0475. The molecule has 1 aromatic heterocycles. The Morgan fingerprint density at radius 2 is 1.45 bits per heavy atom. The largest absolute Gasteiger partial charge is 0.392 e. The highest BCUT2D eigenvalue weighted by Gasteiger charge is 2.10. The highest BCUT2D eigenvalue weighted by atomic mass is 16.3. The SMILES string of the molecule is Cn1c2ccc(CO)cc2c2ccc(C=NN(c3ccccc3)c3ccccc3)cc21. The van der Waals surface area contributed by atoms with Crippen LogP contribution in [-0.2, 0) is 13.7 Å². The number of fused-ring (bicyclic) bond motifs is 3. The van der Waals surface area contributed by atoms with Crippen LogP contribution in [0.1, 0.15) is 11.1 Å². The normalized spacial score (nSPS) is 11.5. The van der Waals surface area contributed by atoms with E-state index in [2.05, 4.69) is 66.2 Å². The highest BCUT2D eigenvalue weighted by molar-refractivity contribution is 6.09. The monoisotopic (exact) mass is 405 g/mol. The summed E-state index contributed by atoms with van der Waals surface area (Å²) in [5, 5.41) is 18.6. The van der Waals surface area contributed by atoms with Gasteiger partial charge in [0.15, 0.2) is 0 Å². The summed E-state index contributed by atoms with van der Waals surface area (Å²) < 4.78 is 2.19. The number of benzene rings is 4. The third kappa shape index (κ3) is 3.58. The van der Waals surface area contributed by atoms with Crippen molar-refractivity contribution in [2.75, 3.05) is 5.01 Å². The zero-order valence-corrected chi connectivity index (χ0v) is 17.3. The average molecular weight is 406 g/mol. The number of rotatable bonds is 5. The number of aliphatic hydroxyl groups is 1. The number of anilines is 2. The van der Waals surface area contributed by atoms with Crippen molar-refractivity contribution in [2.24, 2.45) is 12.1 Å². The lowest BCUT2D eigenvalue weighted by Gasteiger charge is -2.19. The molecule has 4 heteroatoms. The maximum absolute atomic E-state index is 9.50. The van der Waals surface area contributed by atoms with Gasteiger partial charge in [-0.2, -0.15) is 5.10 Å². The minimum absolute atomic E-state index is 0.0475. The third-order valence-corrected chi connectivity index (χ3v) is 5.60. The highest BCUT2D eigenvalue weighted by Crippen LogP contribution is 2.30. The van der Waals surface area contributed by atoms with Gasteiger partial charge >= 0.3 is 0 Å². The first-order valence-corrected chi connectivity index (χ1v) is 10.3. The van der Waals surface area contributed by atoms with Gasteiger partial charge in [-0.15, -0.1) is 0 Å². The van der Waals surface area contributed by atoms with E-state index < -0.39 is 0 Å². The van der Waals surface area contributed by atoms with Crippen LogP contribution in [0.2, 0.25) is 0 Å². The van der Waals surface area contributed by atoms with Crippen molar-refractivity contribution in [1.29, 1.82) is 0 Å². The van der Waals surface area contributed by atoms with Crippen LogP contribution in [0.3, 0.4) is 0 Å². The van der Waals surface area contributed by atoms with E-state index >= 15 is 0 Å². The summed E-state index contributed by atoms with van der Waals surface area (Å²) in [4.78, 5) is 0. The number of aromatic nitrogens is 1. The second-order valence-electron chi connectivity index (χ2n) is 7.57. The summed E-state index contributed by atoms with van der Waals surface area (Å²) in [6.07, 6.45) is 1.90. The standard InChI is InChI=1S/C27H23N3O/c1-29-26-15-13-21(19-31)16-25(26)24-14-12-20(17-27(24)29)18-28-30(22-8-4-2-5-9-22)23-10-6-3-7-11-23/h2-18,31H,19H2,1H3. The van der Waals surface area contributed by atoms with Gasteiger partial charge in [-0.1, -0.05) is 54.6 Å². The zero-order chi connectivity index (χ0) is 21.2. The van der Waals surface area contributed by atoms with Crippen molar-refractivity contribution in [3.63, 3.8) is 0 Å². The Balaban J connectivity index is 1.57. The van der Waals surface area contributed by atoms with Crippen molar-refractivity contribution >= 4 is 39.4 Å². The van der Waals surface area contributed by atoms with Crippen LogP contribution in [0.4, 0.5) is 11.4 Å². The molecule has 152 valence electrons. The third-order valence-electron chi connectivity index (χ3n) is 5.60. The van der Waals surface area contributed by atoms with E-state index in [1.807, 2.05) is 53.7 Å². The van der Waals surface area contributed by atoms with Gasteiger partial charge in [0.25, 0.3) is 0 Å². The van der Waals surface area contributed by atoms with Crippen molar-refractivity contribution in [2.45, 2.75) is 6.61 Å². The van der Waals surface area contributed by atoms with Crippen LogP contribution in [0.15, 0.2) is 102 Å². The molecule has 4 aromatic carbocycles. The lowest BCUT2D eigenvalue weighted by molar-refractivity contribution is 0.282. The number of hydrazone groups is 1. The van der Waals surface area contributed by atoms with E-state index in [4.69, 9.17) is 5.10 Å². The van der Waals surface area contributed by atoms with Crippen molar-refractivity contribution in [3.8, 4) is 0 Å². The molecule has 0 saturated carbocycles. The second-order valence-corrected chi connectivity index (χ2v) is 7.57. The lowest BCUT2D eigenvalue weighted by Crippen LogP contribution is -2.09. The Hall–Kier alpha value is -3.89. The van der Waals surface area contributed by atoms with Crippen molar-refractivity contribution in [3.05, 3.63) is 108 Å². The van der Waals surface area contributed by atoms with E-state index in [0.29, 0.717) is 0 Å². The van der Waals surface area contributed by atoms with Crippen LogP contribution in [0.25, 0.3) is 21.8 Å². The van der Waals surface area contributed by atoms with E-state index in [0.717, 1.165) is 38.9 Å². The quantitative estimate of drug-likeness (QED) is 0.288. The van der Waals surface area contributed by atoms with Gasteiger partial charge in [0, 0.05) is 28.9 Å². The molecule has 0 radical (unpaired) electrons. The molecule has 0 unspecified atom stereocenters.